The molecule has 2 aliphatic heterocycles. The van der Waals surface area contributed by atoms with Crippen LogP contribution in [0.25, 0.3) is 0 Å². The third-order valence-corrected chi connectivity index (χ3v) is 5.27. The summed E-state index contributed by atoms with van der Waals surface area (Å²) in [5, 5.41) is 11.9. The normalized spacial score (nSPS) is 19.7. The van der Waals surface area contributed by atoms with E-state index in [0.717, 1.165) is 55.1 Å². The van der Waals surface area contributed by atoms with Crippen molar-refractivity contribution in [3.05, 3.63) is 18.2 Å². The average molecular weight is 377 g/mol. The summed E-state index contributed by atoms with van der Waals surface area (Å²) in [5.74, 6) is -0.874. The number of carbonyl (C=O) groups is 2. The third kappa shape index (κ3) is 4.75. The number of carboxylic acids is 1. The first-order valence-electron chi connectivity index (χ1n) is 8.68. The van der Waals surface area contributed by atoms with Gasteiger partial charge in [0.15, 0.2) is 0 Å². The van der Waals surface area contributed by atoms with Crippen LogP contribution in [0.2, 0.25) is 0 Å². The Balaban J connectivity index is 1.52. The number of fused-ring (bicyclic) bond motifs is 1. The first-order valence-corrected chi connectivity index (χ1v) is 9.41. The smallest absolute Gasteiger partial charge is 0.317 e. The first kappa shape index (κ1) is 18.7. The van der Waals surface area contributed by atoms with E-state index in [1.54, 1.807) is 0 Å². The van der Waals surface area contributed by atoms with E-state index in [9.17, 15) is 9.59 Å². The SMILES string of the molecule is CN(CC(=O)O)C1CCCN(CC(=O)Nc2cccc3c2N=S=N3)CC1. The van der Waals surface area contributed by atoms with E-state index >= 15 is 0 Å². The van der Waals surface area contributed by atoms with E-state index < -0.39 is 5.97 Å². The Labute approximate surface area is 156 Å². The van der Waals surface area contributed by atoms with Gasteiger partial charge < -0.3 is 10.4 Å². The fraction of sp³-hybridized carbons (Fsp3) is 0.529. The topological polar surface area (TPSA) is 97.6 Å². The molecule has 0 bridgehead atoms. The number of nitrogens with zero attached hydrogens (tertiary/aromatic N) is 4. The molecule has 0 aliphatic carbocycles. The number of anilines is 1. The van der Waals surface area contributed by atoms with E-state index in [2.05, 4.69) is 18.9 Å². The van der Waals surface area contributed by atoms with Gasteiger partial charge in [0.25, 0.3) is 0 Å². The van der Waals surface area contributed by atoms with Gasteiger partial charge >= 0.3 is 5.97 Å². The van der Waals surface area contributed by atoms with Crippen LogP contribution >= 0.6 is 0 Å². The second-order valence-electron chi connectivity index (χ2n) is 6.66. The lowest BCUT2D eigenvalue weighted by atomic mass is 10.1. The molecule has 2 heterocycles. The largest absolute Gasteiger partial charge is 0.480 e. The van der Waals surface area contributed by atoms with Crippen molar-refractivity contribution in [1.29, 1.82) is 0 Å². The Kier molecular flexibility index (Phi) is 6.12. The van der Waals surface area contributed by atoms with Crippen LogP contribution in [0.5, 0.6) is 0 Å². The molecular formula is C17H23N5O3S. The molecule has 9 heteroatoms. The number of rotatable bonds is 6. The standard InChI is InChI=1S/C17H23N5O3S/c1-21(11-16(24)25)12-4-3-8-22(9-7-12)10-15(23)18-13-5-2-6-14-17(13)20-26-19-14/h2,5-6,12H,3-4,7-11H2,1H3,(H,18,23)(H,24,25). The number of hydrogen-bond donors (Lipinski definition) is 2. The molecule has 1 saturated heterocycles. The van der Waals surface area contributed by atoms with Crippen LogP contribution < -0.4 is 5.32 Å². The summed E-state index contributed by atoms with van der Waals surface area (Å²) in [6, 6.07) is 5.81. The van der Waals surface area contributed by atoms with Gasteiger partial charge in [-0.3, -0.25) is 19.4 Å². The first-order chi connectivity index (χ1) is 12.5. The average Bonchev–Trinajstić information content (AvgIpc) is 2.95. The number of nitrogens with one attached hydrogen (secondary N) is 1. The summed E-state index contributed by atoms with van der Waals surface area (Å²) < 4.78 is 8.42. The van der Waals surface area contributed by atoms with Crippen LogP contribution in [0.3, 0.4) is 0 Å². The Hall–Kier alpha value is -2.10. The quantitative estimate of drug-likeness (QED) is 0.804. The summed E-state index contributed by atoms with van der Waals surface area (Å²) in [5.41, 5.74) is 2.19. The molecule has 1 amide bonds. The van der Waals surface area contributed by atoms with Gasteiger partial charge in [0.2, 0.25) is 5.91 Å². The lowest BCUT2D eigenvalue weighted by molar-refractivity contribution is -0.138. The maximum absolute atomic E-state index is 12.4. The highest BCUT2D eigenvalue weighted by atomic mass is 32.1. The number of benzene rings is 1. The Bertz CT molecular complexity index is 763. The predicted molar refractivity (Wildman–Crippen MR) is 101 cm³/mol. The van der Waals surface area contributed by atoms with Gasteiger partial charge in [-0.1, -0.05) is 6.07 Å². The van der Waals surface area contributed by atoms with Gasteiger partial charge in [0.05, 0.1) is 30.1 Å². The van der Waals surface area contributed by atoms with E-state index in [4.69, 9.17) is 5.11 Å². The van der Waals surface area contributed by atoms with E-state index in [0.29, 0.717) is 12.2 Å². The summed E-state index contributed by atoms with van der Waals surface area (Å²) in [6.07, 6.45) is 2.77. The molecule has 140 valence electrons. The van der Waals surface area contributed by atoms with Crippen LogP contribution in [-0.2, 0) is 20.9 Å². The van der Waals surface area contributed by atoms with E-state index in [1.165, 1.54) is 0 Å². The lowest BCUT2D eigenvalue weighted by Gasteiger charge is -2.25. The van der Waals surface area contributed by atoms with Gasteiger partial charge in [-0.05, 0) is 45.0 Å². The minimum atomic E-state index is -0.807. The molecule has 0 aromatic heterocycles. The molecule has 1 aromatic carbocycles. The van der Waals surface area contributed by atoms with Crippen molar-refractivity contribution >= 4 is 40.3 Å². The van der Waals surface area contributed by atoms with Crippen molar-refractivity contribution in [2.75, 3.05) is 38.5 Å². The molecule has 1 atom stereocenters. The molecule has 2 aliphatic rings. The van der Waals surface area contributed by atoms with Gasteiger partial charge in [0, 0.05) is 12.6 Å². The van der Waals surface area contributed by atoms with Gasteiger partial charge in [-0.25, -0.2) is 0 Å². The number of carboxylic acid groups (broad SMARTS) is 1. The monoisotopic (exact) mass is 377 g/mol. The zero-order valence-electron chi connectivity index (χ0n) is 14.7. The highest BCUT2D eigenvalue weighted by molar-refractivity contribution is 7.58. The molecule has 8 nitrogen and oxygen atoms in total. The molecule has 26 heavy (non-hydrogen) atoms. The van der Waals surface area contributed by atoms with Crippen molar-refractivity contribution in [3.8, 4) is 0 Å². The van der Waals surface area contributed by atoms with Crippen LogP contribution in [0.15, 0.2) is 26.9 Å². The highest BCUT2D eigenvalue weighted by Crippen LogP contribution is 2.38. The van der Waals surface area contributed by atoms with Gasteiger partial charge in [0.1, 0.15) is 11.4 Å². The maximum atomic E-state index is 12.4. The number of likely N-dealkylation sites (tertiary alicyclic amines) is 1. The fourth-order valence-corrected chi connectivity index (χ4v) is 3.93. The minimum Gasteiger partial charge on any atom is -0.480 e. The molecule has 1 fully saturated rings. The third-order valence-electron chi connectivity index (χ3n) is 4.73. The van der Waals surface area contributed by atoms with Crippen LogP contribution in [0.4, 0.5) is 17.1 Å². The predicted octanol–water partition coefficient (Wildman–Crippen LogP) is 2.22. The zero-order valence-corrected chi connectivity index (χ0v) is 15.5. The molecule has 1 aromatic rings. The van der Waals surface area contributed by atoms with E-state index in [-0.39, 0.29) is 18.5 Å². The Morgan fingerprint density at radius 2 is 2.19 bits per heavy atom. The molecule has 3 rings (SSSR count). The van der Waals surface area contributed by atoms with Crippen molar-refractivity contribution in [2.24, 2.45) is 8.73 Å². The maximum Gasteiger partial charge on any atom is 0.317 e. The zero-order chi connectivity index (χ0) is 18.5. The number of aliphatic carboxylic acids is 1. The summed E-state index contributed by atoms with van der Waals surface area (Å²) in [6.45, 7) is 2.00. The van der Waals surface area contributed by atoms with E-state index in [1.807, 2.05) is 30.1 Å². The summed E-state index contributed by atoms with van der Waals surface area (Å²) in [4.78, 5) is 27.3. The lowest BCUT2D eigenvalue weighted by Crippen LogP contribution is -2.37. The second-order valence-corrected chi connectivity index (χ2v) is 7.18. The van der Waals surface area contributed by atoms with Gasteiger partial charge in [-0.15, -0.1) is 0 Å². The van der Waals surface area contributed by atoms with Crippen LogP contribution in [-0.4, -0.2) is 66.1 Å². The summed E-state index contributed by atoms with van der Waals surface area (Å²) in [7, 11) is 1.85. The van der Waals surface area contributed by atoms with Gasteiger partial charge in [-0.2, -0.15) is 8.73 Å². The second kappa shape index (κ2) is 8.52. The van der Waals surface area contributed by atoms with Crippen molar-refractivity contribution < 1.29 is 14.7 Å². The number of hydrogen-bond acceptors (Lipinski definition) is 6. The van der Waals surface area contributed by atoms with Crippen LogP contribution in [0, 0.1) is 0 Å². The molecule has 0 radical (unpaired) electrons. The number of amides is 1. The Morgan fingerprint density at radius 3 is 3.00 bits per heavy atom. The molecule has 2 N–H and O–H groups in total. The summed E-state index contributed by atoms with van der Waals surface area (Å²) >= 11 is 1.13. The minimum absolute atomic E-state index is 0.0524. The number of carbonyl (C=O) groups excluding carboxylic acids is 1. The van der Waals surface area contributed by atoms with Crippen molar-refractivity contribution in [2.45, 2.75) is 25.3 Å². The molecular weight excluding hydrogens is 354 g/mol. The fourth-order valence-electron chi connectivity index (χ4n) is 3.38. The molecule has 0 spiro atoms. The van der Waals surface area contributed by atoms with Crippen molar-refractivity contribution in [1.82, 2.24) is 9.80 Å². The Morgan fingerprint density at radius 1 is 1.35 bits per heavy atom. The van der Waals surface area contributed by atoms with Crippen LogP contribution in [0.1, 0.15) is 19.3 Å². The molecule has 1 unspecified atom stereocenters. The van der Waals surface area contributed by atoms with Crippen molar-refractivity contribution in [3.63, 3.8) is 0 Å². The molecule has 0 saturated carbocycles. The highest BCUT2D eigenvalue weighted by Gasteiger charge is 2.23. The number of likely N-dealkylation sites (N-methyl/N-ethyl adjacent to an activating group) is 1.